The fourth-order valence-corrected chi connectivity index (χ4v) is 4.84. The van der Waals surface area contributed by atoms with Gasteiger partial charge in [-0.2, -0.15) is 4.72 Å². The van der Waals surface area contributed by atoms with E-state index in [1.165, 1.54) is 49.6 Å². The van der Waals surface area contributed by atoms with Crippen molar-refractivity contribution in [2.75, 3.05) is 12.4 Å². The van der Waals surface area contributed by atoms with E-state index in [4.69, 9.17) is 16.3 Å². The van der Waals surface area contributed by atoms with E-state index >= 15 is 0 Å². The van der Waals surface area contributed by atoms with Crippen LogP contribution in [0.15, 0.2) is 59.6 Å². The maximum Gasteiger partial charge on any atom is 0.244 e. The van der Waals surface area contributed by atoms with E-state index in [0.717, 1.165) is 10.4 Å². The molecule has 0 radical (unpaired) electrons. The topological polar surface area (TPSA) is 97.4 Å². The van der Waals surface area contributed by atoms with Crippen molar-refractivity contribution < 1.29 is 17.9 Å². The zero-order chi connectivity index (χ0) is 21.7. The number of sulfonamides is 1. The highest BCUT2D eigenvalue weighted by Gasteiger charge is 2.23. The van der Waals surface area contributed by atoms with Crippen LogP contribution in [-0.2, 0) is 21.2 Å². The SMILES string of the molecule is COc1ccc(S(=O)(=O)N[C@@H](C)C(=O)Nc2ncc(Cc3ccccc3Cl)s2)cc1. The lowest BCUT2D eigenvalue weighted by atomic mass is 10.1. The van der Waals surface area contributed by atoms with E-state index in [9.17, 15) is 13.2 Å². The third-order valence-corrected chi connectivity index (χ3v) is 7.04. The summed E-state index contributed by atoms with van der Waals surface area (Å²) in [5.74, 6) is 0.0295. The van der Waals surface area contributed by atoms with Crippen molar-refractivity contribution in [3.05, 3.63) is 70.2 Å². The summed E-state index contributed by atoms with van der Waals surface area (Å²) in [7, 11) is -2.37. The fourth-order valence-electron chi connectivity index (χ4n) is 2.60. The normalized spacial score (nSPS) is 12.4. The number of halogens is 1. The number of hydrogen-bond donors (Lipinski definition) is 2. The molecule has 158 valence electrons. The molecule has 0 unspecified atom stereocenters. The van der Waals surface area contributed by atoms with E-state index in [1.807, 2.05) is 24.3 Å². The summed E-state index contributed by atoms with van der Waals surface area (Å²) in [5, 5.41) is 3.69. The van der Waals surface area contributed by atoms with Gasteiger partial charge in [0.1, 0.15) is 5.75 Å². The van der Waals surface area contributed by atoms with Crippen LogP contribution >= 0.6 is 22.9 Å². The van der Waals surface area contributed by atoms with E-state index in [1.54, 1.807) is 6.20 Å². The molecule has 1 amide bonds. The molecule has 0 bridgehead atoms. The highest BCUT2D eigenvalue weighted by atomic mass is 35.5. The fraction of sp³-hybridized carbons (Fsp3) is 0.200. The molecular formula is C20H20ClN3O4S2. The van der Waals surface area contributed by atoms with Crippen molar-refractivity contribution in [1.29, 1.82) is 0 Å². The zero-order valence-electron chi connectivity index (χ0n) is 16.3. The number of rotatable bonds is 8. The van der Waals surface area contributed by atoms with Crippen LogP contribution in [-0.4, -0.2) is 32.5 Å². The summed E-state index contributed by atoms with van der Waals surface area (Å²) in [6.45, 7) is 1.47. The molecule has 1 aromatic heterocycles. The third-order valence-electron chi connectivity index (χ3n) is 4.20. The van der Waals surface area contributed by atoms with E-state index in [-0.39, 0.29) is 4.90 Å². The summed E-state index contributed by atoms with van der Waals surface area (Å²) >= 11 is 7.49. The summed E-state index contributed by atoms with van der Waals surface area (Å²) in [6.07, 6.45) is 2.25. The minimum atomic E-state index is -3.86. The van der Waals surface area contributed by atoms with Crippen LogP contribution in [0.25, 0.3) is 0 Å². The zero-order valence-corrected chi connectivity index (χ0v) is 18.6. The number of benzene rings is 2. The quantitative estimate of drug-likeness (QED) is 0.528. The van der Waals surface area contributed by atoms with Crippen LogP contribution in [0.1, 0.15) is 17.4 Å². The minimum absolute atomic E-state index is 0.0409. The predicted molar refractivity (Wildman–Crippen MR) is 118 cm³/mol. The molecule has 0 aliphatic heterocycles. The van der Waals surface area contributed by atoms with E-state index in [0.29, 0.717) is 22.3 Å². The maximum atomic E-state index is 12.5. The lowest BCUT2D eigenvalue weighted by molar-refractivity contribution is -0.117. The third kappa shape index (κ3) is 5.57. The van der Waals surface area contributed by atoms with Crippen LogP contribution in [0.5, 0.6) is 5.75 Å². The Morgan fingerprint density at radius 1 is 1.20 bits per heavy atom. The molecule has 30 heavy (non-hydrogen) atoms. The first-order chi connectivity index (χ1) is 14.3. The van der Waals surface area contributed by atoms with Gasteiger partial charge in [-0.05, 0) is 42.8 Å². The monoisotopic (exact) mass is 465 g/mol. The number of thiazole rings is 1. The Kier molecular flexibility index (Phi) is 7.09. The standard InChI is InChI=1S/C20H20ClN3O4S2/c1-13(24-30(26,27)17-9-7-15(28-2)8-10-17)19(25)23-20-22-12-16(29-20)11-14-5-3-4-6-18(14)21/h3-10,12-13,24H,11H2,1-2H3,(H,22,23,25)/t13-/m0/s1. The number of aromatic nitrogens is 1. The first-order valence-corrected chi connectivity index (χ1v) is 11.6. The van der Waals surface area contributed by atoms with Gasteiger partial charge in [-0.15, -0.1) is 11.3 Å². The van der Waals surface area contributed by atoms with Gasteiger partial charge < -0.3 is 10.1 Å². The second-order valence-electron chi connectivity index (χ2n) is 6.41. The Labute approximate surface area is 184 Å². The van der Waals surface area contributed by atoms with Crippen molar-refractivity contribution in [1.82, 2.24) is 9.71 Å². The molecule has 2 N–H and O–H groups in total. The average molecular weight is 466 g/mol. The Morgan fingerprint density at radius 2 is 1.90 bits per heavy atom. The summed E-state index contributed by atoms with van der Waals surface area (Å²) in [5.41, 5.74) is 0.960. The van der Waals surface area contributed by atoms with Crippen LogP contribution in [0.4, 0.5) is 5.13 Å². The molecule has 7 nitrogen and oxygen atoms in total. The van der Waals surface area contributed by atoms with Gasteiger partial charge in [0.25, 0.3) is 0 Å². The van der Waals surface area contributed by atoms with Crippen molar-refractivity contribution in [2.24, 2.45) is 0 Å². The average Bonchev–Trinajstić information content (AvgIpc) is 3.16. The maximum absolute atomic E-state index is 12.5. The lowest BCUT2D eigenvalue weighted by Crippen LogP contribution is -2.41. The van der Waals surface area contributed by atoms with Crippen LogP contribution < -0.4 is 14.8 Å². The molecule has 0 saturated carbocycles. The van der Waals surface area contributed by atoms with Gasteiger partial charge in [0.15, 0.2) is 5.13 Å². The molecule has 0 aliphatic rings. The van der Waals surface area contributed by atoms with Crippen LogP contribution in [0.2, 0.25) is 5.02 Å². The molecule has 3 rings (SSSR count). The Morgan fingerprint density at radius 3 is 2.57 bits per heavy atom. The number of ether oxygens (including phenoxy) is 1. The molecule has 1 heterocycles. The minimum Gasteiger partial charge on any atom is -0.497 e. The van der Waals surface area contributed by atoms with Crippen molar-refractivity contribution in [3.63, 3.8) is 0 Å². The van der Waals surface area contributed by atoms with E-state index in [2.05, 4.69) is 15.0 Å². The number of carbonyl (C=O) groups is 1. The number of carbonyl (C=O) groups excluding carboxylic acids is 1. The molecule has 10 heteroatoms. The molecule has 0 spiro atoms. The van der Waals surface area contributed by atoms with Gasteiger partial charge in [0.05, 0.1) is 18.0 Å². The van der Waals surface area contributed by atoms with Crippen molar-refractivity contribution >= 4 is 44.0 Å². The summed E-state index contributed by atoms with van der Waals surface area (Å²) in [4.78, 5) is 17.6. The van der Waals surface area contributed by atoms with Crippen LogP contribution in [0.3, 0.4) is 0 Å². The van der Waals surface area contributed by atoms with Gasteiger partial charge in [-0.1, -0.05) is 29.8 Å². The highest BCUT2D eigenvalue weighted by Crippen LogP contribution is 2.25. The predicted octanol–water partition coefficient (Wildman–Crippen LogP) is 3.70. The molecule has 3 aromatic rings. The van der Waals surface area contributed by atoms with E-state index < -0.39 is 22.0 Å². The van der Waals surface area contributed by atoms with Gasteiger partial charge in [-0.25, -0.2) is 13.4 Å². The van der Waals surface area contributed by atoms with Gasteiger partial charge >= 0.3 is 0 Å². The smallest absolute Gasteiger partial charge is 0.244 e. The Bertz CT molecular complexity index is 1130. The molecule has 0 saturated heterocycles. The van der Waals surface area contributed by atoms with Crippen LogP contribution in [0, 0.1) is 0 Å². The largest absolute Gasteiger partial charge is 0.497 e. The van der Waals surface area contributed by atoms with Gasteiger partial charge in [0, 0.05) is 22.5 Å². The number of nitrogens with zero attached hydrogens (tertiary/aromatic N) is 1. The van der Waals surface area contributed by atoms with Crippen molar-refractivity contribution in [3.8, 4) is 5.75 Å². The number of nitrogens with one attached hydrogen (secondary N) is 2. The van der Waals surface area contributed by atoms with Gasteiger partial charge in [-0.3, -0.25) is 4.79 Å². The summed E-state index contributed by atoms with van der Waals surface area (Å²) in [6, 6.07) is 12.4. The lowest BCUT2D eigenvalue weighted by Gasteiger charge is -2.13. The molecule has 2 aromatic carbocycles. The molecule has 1 atom stereocenters. The number of anilines is 1. The number of hydrogen-bond acceptors (Lipinski definition) is 6. The highest BCUT2D eigenvalue weighted by molar-refractivity contribution is 7.89. The number of methoxy groups -OCH3 is 1. The number of amides is 1. The second-order valence-corrected chi connectivity index (χ2v) is 9.64. The molecule has 0 fully saturated rings. The summed E-state index contributed by atoms with van der Waals surface area (Å²) < 4.78 is 32.3. The Balaban J connectivity index is 1.61. The first-order valence-electron chi connectivity index (χ1n) is 8.94. The first kappa shape index (κ1) is 22.2. The van der Waals surface area contributed by atoms with Crippen molar-refractivity contribution in [2.45, 2.75) is 24.3 Å². The second kappa shape index (κ2) is 9.57. The molecular weight excluding hydrogens is 446 g/mol. The Hall–Kier alpha value is -2.46. The molecule has 0 aliphatic carbocycles. The van der Waals surface area contributed by atoms with Gasteiger partial charge in [0.2, 0.25) is 15.9 Å².